The number of allylic oxidation sites excluding steroid dienone is 1. The van der Waals surface area contributed by atoms with Gasteiger partial charge in [0.05, 0.1) is 31.4 Å². The number of carboxylic acid groups (broad SMARTS) is 1. The molecule has 0 saturated heterocycles. The first kappa shape index (κ1) is 17.2. The Morgan fingerprint density at radius 1 is 1.25 bits per heavy atom. The number of aromatic amines is 1. The highest BCUT2D eigenvalue weighted by atomic mass is 16.5. The predicted octanol–water partition coefficient (Wildman–Crippen LogP) is 3.41. The third-order valence-electron chi connectivity index (χ3n) is 3.79. The lowest BCUT2D eigenvalue weighted by Crippen LogP contribution is -1.98. The molecule has 0 radical (unpaired) electrons. The molecule has 6 heteroatoms. The van der Waals surface area contributed by atoms with E-state index in [4.69, 9.17) is 9.47 Å². The highest BCUT2D eigenvalue weighted by molar-refractivity contribution is 5.95. The summed E-state index contributed by atoms with van der Waals surface area (Å²) < 4.78 is 10.4. The topological polar surface area (TPSA) is 95.3 Å². The van der Waals surface area contributed by atoms with Crippen molar-refractivity contribution < 1.29 is 19.4 Å². The number of nitriles is 1. The number of aromatic carboxylic acids is 1. The summed E-state index contributed by atoms with van der Waals surface area (Å²) in [5.41, 5.74) is 3.00. The smallest absolute Gasteiger partial charge is 0.337 e. The summed E-state index contributed by atoms with van der Waals surface area (Å²) in [4.78, 5) is 14.3. The van der Waals surface area contributed by atoms with Gasteiger partial charge in [0.1, 0.15) is 0 Å². The van der Waals surface area contributed by atoms with Crippen LogP contribution in [0.15, 0.2) is 18.2 Å². The number of ether oxygens (including phenoxy) is 2. The van der Waals surface area contributed by atoms with E-state index in [9.17, 15) is 15.2 Å². The monoisotopic (exact) mass is 326 g/mol. The Balaban J connectivity index is 2.54. The van der Waals surface area contributed by atoms with Crippen molar-refractivity contribution in [3.05, 3.63) is 46.3 Å². The number of hydrogen-bond donors (Lipinski definition) is 2. The molecule has 6 nitrogen and oxygen atoms in total. The van der Waals surface area contributed by atoms with E-state index < -0.39 is 5.97 Å². The van der Waals surface area contributed by atoms with Crippen molar-refractivity contribution in [1.82, 2.24) is 4.98 Å². The van der Waals surface area contributed by atoms with E-state index in [1.54, 1.807) is 38.1 Å². The van der Waals surface area contributed by atoms with Gasteiger partial charge in [-0.05, 0) is 49.2 Å². The van der Waals surface area contributed by atoms with Crippen molar-refractivity contribution in [3.8, 4) is 17.6 Å². The number of carbonyl (C=O) groups is 1. The number of carboxylic acids is 1. The number of methoxy groups -OCH3 is 2. The zero-order valence-electron chi connectivity index (χ0n) is 13.9. The van der Waals surface area contributed by atoms with Crippen LogP contribution in [0.5, 0.6) is 11.5 Å². The quantitative estimate of drug-likeness (QED) is 0.821. The Hall–Kier alpha value is -3.20. The van der Waals surface area contributed by atoms with Crippen molar-refractivity contribution in [1.29, 1.82) is 5.26 Å². The molecule has 0 amide bonds. The van der Waals surface area contributed by atoms with Crippen molar-refractivity contribution in [2.24, 2.45) is 0 Å². The van der Waals surface area contributed by atoms with Crippen LogP contribution >= 0.6 is 0 Å². The maximum Gasteiger partial charge on any atom is 0.337 e. The molecule has 0 spiro atoms. The van der Waals surface area contributed by atoms with E-state index in [1.807, 2.05) is 0 Å². The molecule has 0 aliphatic heterocycles. The Morgan fingerprint density at radius 2 is 1.92 bits per heavy atom. The second-order valence-corrected chi connectivity index (χ2v) is 5.21. The molecule has 2 aromatic rings. The van der Waals surface area contributed by atoms with Crippen LogP contribution < -0.4 is 9.47 Å². The number of nitrogens with one attached hydrogen (secondary N) is 1. The average Bonchev–Trinajstić information content (AvgIpc) is 2.85. The first-order chi connectivity index (χ1) is 11.4. The SMILES string of the molecule is COc1ccc(/C(C#N)=C/c2[nH]c(C)c(C(=O)O)c2C)cc1OC. The minimum Gasteiger partial charge on any atom is -0.493 e. The molecule has 1 heterocycles. The number of benzene rings is 1. The fourth-order valence-electron chi connectivity index (χ4n) is 2.57. The normalized spacial score (nSPS) is 11.0. The molecular formula is C18H18N2O4. The van der Waals surface area contributed by atoms with Gasteiger partial charge in [-0.15, -0.1) is 0 Å². The molecule has 2 N–H and O–H groups in total. The Kier molecular flexibility index (Phi) is 4.95. The van der Waals surface area contributed by atoms with Gasteiger partial charge in [0.15, 0.2) is 11.5 Å². The van der Waals surface area contributed by atoms with E-state index in [-0.39, 0.29) is 5.56 Å². The van der Waals surface area contributed by atoms with Crippen molar-refractivity contribution in [3.63, 3.8) is 0 Å². The highest BCUT2D eigenvalue weighted by Crippen LogP contribution is 2.31. The lowest BCUT2D eigenvalue weighted by atomic mass is 10.0. The molecule has 24 heavy (non-hydrogen) atoms. The number of hydrogen-bond acceptors (Lipinski definition) is 4. The lowest BCUT2D eigenvalue weighted by molar-refractivity contribution is 0.0695. The van der Waals surface area contributed by atoms with Crippen LogP contribution in [0, 0.1) is 25.2 Å². The maximum absolute atomic E-state index is 11.3. The average molecular weight is 326 g/mol. The van der Waals surface area contributed by atoms with Gasteiger partial charge in [0.2, 0.25) is 0 Å². The van der Waals surface area contributed by atoms with Gasteiger partial charge >= 0.3 is 5.97 Å². The van der Waals surface area contributed by atoms with Gasteiger partial charge in [-0.2, -0.15) is 5.26 Å². The first-order valence-corrected chi connectivity index (χ1v) is 7.19. The summed E-state index contributed by atoms with van der Waals surface area (Å²) in [6.07, 6.45) is 1.63. The van der Waals surface area contributed by atoms with Crippen molar-refractivity contribution >= 4 is 17.6 Å². The van der Waals surface area contributed by atoms with Gasteiger partial charge in [0.25, 0.3) is 0 Å². The van der Waals surface area contributed by atoms with Crippen molar-refractivity contribution in [2.75, 3.05) is 14.2 Å². The van der Waals surface area contributed by atoms with Crippen LogP contribution in [0.3, 0.4) is 0 Å². The summed E-state index contributed by atoms with van der Waals surface area (Å²) in [7, 11) is 3.06. The van der Waals surface area contributed by atoms with E-state index in [2.05, 4.69) is 11.1 Å². The third kappa shape index (κ3) is 3.10. The molecule has 124 valence electrons. The molecule has 1 aromatic heterocycles. The van der Waals surface area contributed by atoms with Crippen LogP contribution in [0.4, 0.5) is 0 Å². The molecule has 0 saturated carbocycles. The molecular weight excluding hydrogens is 308 g/mol. The Labute approximate surface area is 140 Å². The fraction of sp³-hybridized carbons (Fsp3) is 0.222. The minimum atomic E-state index is -0.995. The van der Waals surface area contributed by atoms with E-state index in [1.165, 1.54) is 14.2 Å². The van der Waals surface area contributed by atoms with Crippen LogP contribution in [0.25, 0.3) is 11.6 Å². The molecule has 0 unspecified atom stereocenters. The summed E-state index contributed by atoms with van der Waals surface area (Å²) in [5, 5.41) is 18.7. The van der Waals surface area contributed by atoms with Crippen molar-refractivity contribution in [2.45, 2.75) is 13.8 Å². The fourth-order valence-corrected chi connectivity index (χ4v) is 2.57. The van der Waals surface area contributed by atoms with Gasteiger partial charge in [-0.25, -0.2) is 4.79 Å². The van der Waals surface area contributed by atoms with Crippen LogP contribution in [-0.2, 0) is 0 Å². The maximum atomic E-state index is 11.3. The van der Waals surface area contributed by atoms with Gasteiger partial charge < -0.3 is 19.6 Å². The predicted molar refractivity (Wildman–Crippen MR) is 90.3 cm³/mol. The minimum absolute atomic E-state index is 0.228. The molecule has 2 rings (SSSR count). The molecule has 0 fully saturated rings. The molecule has 0 aliphatic rings. The van der Waals surface area contributed by atoms with Crippen LogP contribution in [0.1, 0.15) is 32.9 Å². The first-order valence-electron chi connectivity index (χ1n) is 7.19. The molecule has 0 atom stereocenters. The van der Waals surface area contributed by atoms with Crippen LogP contribution in [-0.4, -0.2) is 30.3 Å². The Bertz CT molecular complexity index is 857. The second-order valence-electron chi connectivity index (χ2n) is 5.21. The molecule has 0 bridgehead atoms. The second kappa shape index (κ2) is 6.92. The lowest BCUT2D eigenvalue weighted by Gasteiger charge is -2.09. The van der Waals surface area contributed by atoms with Gasteiger partial charge in [-0.3, -0.25) is 0 Å². The Morgan fingerprint density at radius 3 is 2.42 bits per heavy atom. The highest BCUT2D eigenvalue weighted by Gasteiger charge is 2.17. The number of aromatic nitrogens is 1. The number of rotatable bonds is 5. The summed E-state index contributed by atoms with van der Waals surface area (Å²) in [5.74, 6) is 0.0888. The van der Waals surface area contributed by atoms with E-state index >= 15 is 0 Å². The van der Waals surface area contributed by atoms with Gasteiger partial charge in [-0.1, -0.05) is 0 Å². The van der Waals surface area contributed by atoms with E-state index in [0.29, 0.717) is 39.6 Å². The summed E-state index contributed by atoms with van der Waals surface area (Å²) >= 11 is 0. The number of nitrogens with zero attached hydrogens (tertiary/aromatic N) is 1. The van der Waals surface area contributed by atoms with Gasteiger partial charge in [0, 0.05) is 11.4 Å². The standard InChI is InChI=1S/C18H18N2O4/c1-10-14(20-11(2)17(10)18(21)22)7-13(9-19)12-5-6-15(23-3)16(8-12)24-4/h5-8,20H,1-4H3,(H,21,22)/b13-7+. The molecule has 0 aliphatic carbocycles. The largest absolute Gasteiger partial charge is 0.493 e. The van der Waals surface area contributed by atoms with E-state index in [0.717, 1.165) is 0 Å². The summed E-state index contributed by atoms with van der Waals surface area (Å²) in [6, 6.07) is 7.31. The van der Waals surface area contributed by atoms with Crippen LogP contribution in [0.2, 0.25) is 0 Å². The third-order valence-corrected chi connectivity index (χ3v) is 3.79. The zero-order valence-corrected chi connectivity index (χ0v) is 13.9. The number of H-pyrrole nitrogens is 1. The molecule has 1 aromatic carbocycles. The summed E-state index contributed by atoms with van der Waals surface area (Å²) in [6.45, 7) is 3.40. The zero-order chi connectivity index (χ0) is 17.9. The number of aryl methyl sites for hydroxylation is 1.